The van der Waals surface area contributed by atoms with Crippen LogP contribution in [-0.2, 0) is 9.53 Å². The van der Waals surface area contributed by atoms with Gasteiger partial charge in [-0.15, -0.1) is 0 Å². The number of pyridine rings is 1. The van der Waals surface area contributed by atoms with Crippen molar-refractivity contribution in [1.29, 1.82) is 0 Å². The highest BCUT2D eigenvalue weighted by Crippen LogP contribution is 2.17. The van der Waals surface area contributed by atoms with Crippen LogP contribution in [0.1, 0.15) is 17.3 Å². The molecule has 0 bridgehead atoms. The summed E-state index contributed by atoms with van der Waals surface area (Å²) in [6.07, 6.45) is -3.64. The Kier molecular flexibility index (Phi) is 4.85. The predicted octanol–water partition coefficient (Wildman–Crippen LogP) is 1.80. The molecule has 0 atom stereocenters. The van der Waals surface area contributed by atoms with Crippen LogP contribution < -0.4 is 5.32 Å². The number of anilines is 1. The molecule has 1 aromatic rings. The second kappa shape index (κ2) is 6.17. The van der Waals surface area contributed by atoms with Gasteiger partial charge in [-0.1, -0.05) is 0 Å². The molecule has 0 aromatic carbocycles. The molecular weight excluding hydrogens is 265 g/mol. The van der Waals surface area contributed by atoms with Gasteiger partial charge in [0.25, 0.3) is 5.78 Å². The van der Waals surface area contributed by atoms with Gasteiger partial charge in [0.05, 0.1) is 13.2 Å². The monoisotopic (exact) mass is 276 g/mol. The third-order valence-corrected chi connectivity index (χ3v) is 2.04. The van der Waals surface area contributed by atoms with Gasteiger partial charge in [-0.25, -0.2) is 9.78 Å². The first-order valence-corrected chi connectivity index (χ1v) is 5.32. The summed E-state index contributed by atoms with van der Waals surface area (Å²) in [6.45, 7) is 0.718. The summed E-state index contributed by atoms with van der Waals surface area (Å²) in [5.41, 5.74) is -0.0284. The molecule has 1 aromatic heterocycles. The zero-order valence-corrected chi connectivity index (χ0v) is 9.95. The second-order valence-corrected chi connectivity index (χ2v) is 3.39. The van der Waals surface area contributed by atoms with E-state index in [4.69, 9.17) is 4.74 Å². The molecule has 19 heavy (non-hydrogen) atoms. The number of Topliss-reactive ketones (excluding diaryl/α,β-unsaturated/α-hetero) is 1. The molecule has 0 aliphatic heterocycles. The Hall–Kier alpha value is -2.12. The lowest BCUT2D eigenvalue weighted by atomic mass is 10.2. The summed E-state index contributed by atoms with van der Waals surface area (Å²) < 4.78 is 40.8. The lowest BCUT2D eigenvalue weighted by molar-refractivity contribution is -0.168. The molecule has 0 saturated carbocycles. The van der Waals surface area contributed by atoms with E-state index in [1.807, 2.05) is 0 Å². The van der Waals surface area contributed by atoms with Crippen LogP contribution in [0.5, 0.6) is 0 Å². The van der Waals surface area contributed by atoms with Gasteiger partial charge in [-0.3, -0.25) is 4.79 Å². The van der Waals surface area contributed by atoms with E-state index >= 15 is 0 Å². The quantitative estimate of drug-likeness (QED) is 0.830. The number of halogens is 3. The van der Waals surface area contributed by atoms with Gasteiger partial charge in [-0.05, 0) is 19.1 Å². The molecule has 5 nitrogen and oxygen atoms in total. The largest absolute Gasteiger partial charge is 0.462 e. The van der Waals surface area contributed by atoms with Crippen molar-refractivity contribution in [1.82, 2.24) is 4.98 Å². The summed E-state index contributed by atoms with van der Waals surface area (Å²) in [6, 6.07) is 2.77. The Bertz CT molecular complexity index is 474. The molecule has 1 heterocycles. The van der Waals surface area contributed by atoms with Crippen LogP contribution in [0.2, 0.25) is 0 Å². The number of alkyl halides is 3. The van der Waals surface area contributed by atoms with E-state index in [1.165, 1.54) is 18.3 Å². The SMILES string of the molecule is CCOC(=O)c1cccnc1NCC(=O)C(F)(F)F. The topological polar surface area (TPSA) is 68.3 Å². The summed E-state index contributed by atoms with van der Waals surface area (Å²) in [7, 11) is 0. The third kappa shape index (κ3) is 4.23. The minimum atomic E-state index is -4.92. The lowest BCUT2D eigenvalue weighted by Crippen LogP contribution is -2.30. The number of ether oxygens (including phenoxy) is 1. The van der Waals surface area contributed by atoms with Crippen LogP contribution in [0, 0.1) is 0 Å². The Balaban J connectivity index is 2.79. The third-order valence-electron chi connectivity index (χ3n) is 2.04. The van der Waals surface area contributed by atoms with Gasteiger partial charge in [0, 0.05) is 6.20 Å². The minimum absolute atomic E-state index is 0.0284. The molecule has 0 unspecified atom stereocenters. The molecule has 0 aliphatic carbocycles. The van der Waals surface area contributed by atoms with Gasteiger partial charge < -0.3 is 10.1 Å². The fourth-order valence-corrected chi connectivity index (χ4v) is 1.18. The maximum Gasteiger partial charge on any atom is 0.451 e. The van der Waals surface area contributed by atoms with Crippen molar-refractivity contribution in [2.24, 2.45) is 0 Å². The standard InChI is InChI=1S/C11H11F3N2O3/c1-2-19-10(18)7-4-3-5-15-9(7)16-6-8(17)11(12,13)14/h3-5H,2,6H2,1H3,(H,15,16). The fraction of sp³-hybridized carbons (Fsp3) is 0.364. The second-order valence-electron chi connectivity index (χ2n) is 3.39. The normalized spacial score (nSPS) is 10.9. The lowest BCUT2D eigenvalue weighted by Gasteiger charge is -2.10. The van der Waals surface area contributed by atoms with E-state index in [1.54, 1.807) is 6.92 Å². The Morgan fingerprint density at radius 1 is 1.42 bits per heavy atom. The number of aromatic nitrogens is 1. The van der Waals surface area contributed by atoms with E-state index < -0.39 is 24.5 Å². The summed E-state index contributed by atoms with van der Waals surface area (Å²) in [5, 5.41) is 2.18. The van der Waals surface area contributed by atoms with E-state index in [2.05, 4.69) is 10.3 Å². The number of esters is 1. The molecule has 0 amide bonds. The van der Waals surface area contributed by atoms with Crippen LogP contribution >= 0.6 is 0 Å². The highest BCUT2D eigenvalue weighted by atomic mass is 19.4. The molecule has 1 N–H and O–H groups in total. The van der Waals surface area contributed by atoms with Crippen molar-refractivity contribution in [3.05, 3.63) is 23.9 Å². The van der Waals surface area contributed by atoms with E-state index in [9.17, 15) is 22.8 Å². The maximum atomic E-state index is 12.0. The number of rotatable bonds is 5. The highest BCUT2D eigenvalue weighted by Gasteiger charge is 2.37. The molecule has 0 fully saturated rings. The maximum absolute atomic E-state index is 12.0. The van der Waals surface area contributed by atoms with E-state index in [0.717, 1.165) is 0 Å². The number of nitrogens with one attached hydrogen (secondary N) is 1. The van der Waals surface area contributed by atoms with E-state index in [0.29, 0.717) is 0 Å². The molecule has 0 aliphatic rings. The van der Waals surface area contributed by atoms with Gasteiger partial charge in [-0.2, -0.15) is 13.2 Å². The number of carbonyl (C=O) groups is 2. The van der Waals surface area contributed by atoms with Crippen LogP contribution in [0.4, 0.5) is 19.0 Å². The Morgan fingerprint density at radius 3 is 2.68 bits per heavy atom. The zero-order valence-electron chi connectivity index (χ0n) is 9.95. The predicted molar refractivity (Wildman–Crippen MR) is 59.7 cm³/mol. The number of hydrogen-bond donors (Lipinski definition) is 1. The zero-order chi connectivity index (χ0) is 14.5. The smallest absolute Gasteiger partial charge is 0.451 e. The van der Waals surface area contributed by atoms with Crippen LogP contribution in [-0.4, -0.2) is 36.1 Å². The van der Waals surface area contributed by atoms with Crippen LogP contribution in [0.15, 0.2) is 18.3 Å². The van der Waals surface area contributed by atoms with Crippen molar-refractivity contribution in [3.8, 4) is 0 Å². The first-order valence-electron chi connectivity index (χ1n) is 5.32. The Morgan fingerprint density at radius 2 is 2.11 bits per heavy atom. The van der Waals surface area contributed by atoms with Crippen molar-refractivity contribution in [2.45, 2.75) is 13.1 Å². The van der Waals surface area contributed by atoms with E-state index in [-0.39, 0.29) is 18.0 Å². The highest BCUT2D eigenvalue weighted by molar-refractivity contribution is 5.95. The van der Waals surface area contributed by atoms with Crippen LogP contribution in [0.25, 0.3) is 0 Å². The van der Waals surface area contributed by atoms with Gasteiger partial charge in [0.2, 0.25) is 0 Å². The molecular formula is C11H11F3N2O3. The van der Waals surface area contributed by atoms with Gasteiger partial charge in [0.1, 0.15) is 11.4 Å². The van der Waals surface area contributed by atoms with Gasteiger partial charge in [0.15, 0.2) is 0 Å². The van der Waals surface area contributed by atoms with Gasteiger partial charge >= 0.3 is 12.1 Å². The number of ketones is 1. The van der Waals surface area contributed by atoms with Crippen molar-refractivity contribution in [2.75, 3.05) is 18.5 Å². The summed E-state index contributed by atoms with van der Waals surface area (Å²) in [5.74, 6) is -2.80. The van der Waals surface area contributed by atoms with Crippen molar-refractivity contribution < 1.29 is 27.5 Å². The molecule has 8 heteroatoms. The average Bonchev–Trinajstić information content (AvgIpc) is 2.35. The fourth-order valence-electron chi connectivity index (χ4n) is 1.18. The minimum Gasteiger partial charge on any atom is -0.462 e. The molecule has 104 valence electrons. The van der Waals surface area contributed by atoms with Crippen molar-refractivity contribution in [3.63, 3.8) is 0 Å². The molecule has 0 spiro atoms. The van der Waals surface area contributed by atoms with Crippen molar-refractivity contribution >= 4 is 17.6 Å². The first-order chi connectivity index (χ1) is 8.86. The number of carbonyl (C=O) groups excluding carboxylic acids is 2. The number of hydrogen-bond acceptors (Lipinski definition) is 5. The summed E-state index contributed by atoms with van der Waals surface area (Å²) >= 11 is 0. The number of nitrogens with zero attached hydrogens (tertiary/aromatic N) is 1. The average molecular weight is 276 g/mol. The Labute approximate surface area is 106 Å². The molecule has 0 saturated heterocycles. The summed E-state index contributed by atoms with van der Waals surface area (Å²) in [4.78, 5) is 25.9. The first kappa shape index (κ1) is 14.9. The molecule has 1 rings (SSSR count). The molecule has 0 radical (unpaired) electrons. The van der Waals surface area contributed by atoms with Crippen LogP contribution in [0.3, 0.4) is 0 Å².